The zero-order valence-electron chi connectivity index (χ0n) is 19.4. The number of aromatic hydroxyl groups is 1. The van der Waals surface area contributed by atoms with Crippen molar-refractivity contribution < 1.29 is 19.2 Å². The third-order valence-corrected chi connectivity index (χ3v) is 5.97. The van der Waals surface area contributed by atoms with Gasteiger partial charge in [0.15, 0.2) is 11.5 Å². The SMILES string of the molecule is CCOc1cc(/C=N/NC(=O)CSc2n[nH]c(-c3ccc(C)cc3)[n+]2-c2ccccc2)ccc1O. The molecule has 1 aromatic heterocycles. The lowest BCUT2D eigenvalue weighted by atomic mass is 10.1. The van der Waals surface area contributed by atoms with E-state index in [1.807, 2.05) is 60.9 Å². The Balaban J connectivity index is 1.46. The highest BCUT2D eigenvalue weighted by Gasteiger charge is 2.24. The highest BCUT2D eigenvalue weighted by Crippen LogP contribution is 2.26. The molecule has 9 heteroatoms. The lowest BCUT2D eigenvalue weighted by molar-refractivity contribution is -0.625. The predicted molar refractivity (Wildman–Crippen MR) is 136 cm³/mol. The molecule has 1 amide bonds. The second-order valence-corrected chi connectivity index (χ2v) is 8.58. The van der Waals surface area contributed by atoms with Gasteiger partial charge in [-0.2, -0.15) is 9.67 Å². The number of hydrazone groups is 1. The second-order valence-electron chi connectivity index (χ2n) is 7.63. The normalized spacial score (nSPS) is 11.0. The van der Waals surface area contributed by atoms with E-state index < -0.39 is 0 Å². The number of nitrogens with one attached hydrogen (secondary N) is 2. The molecule has 1 heterocycles. The summed E-state index contributed by atoms with van der Waals surface area (Å²) in [7, 11) is 0. The van der Waals surface area contributed by atoms with Gasteiger partial charge < -0.3 is 9.84 Å². The Kier molecular flexibility index (Phi) is 7.79. The van der Waals surface area contributed by atoms with Crippen molar-refractivity contribution >= 4 is 23.9 Å². The summed E-state index contributed by atoms with van der Waals surface area (Å²) in [5.41, 5.74) is 6.33. The quantitative estimate of drug-likeness (QED) is 0.143. The number of hydrogen-bond donors (Lipinski definition) is 3. The first kappa shape index (κ1) is 24.0. The van der Waals surface area contributed by atoms with Crippen molar-refractivity contribution in [1.29, 1.82) is 0 Å². The van der Waals surface area contributed by atoms with E-state index in [1.165, 1.54) is 29.6 Å². The summed E-state index contributed by atoms with van der Waals surface area (Å²) < 4.78 is 7.36. The van der Waals surface area contributed by atoms with Crippen LogP contribution in [0.2, 0.25) is 0 Å². The van der Waals surface area contributed by atoms with Crippen molar-refractivity contribution in [1.82, 2.24) is 15.6 Å². The number of thioether (sulfide) groups is 1. The number of carbonyl (C=O) groups excluding carboxylic acids is 1. The Hall–Kier alpha value is -4.11. The molecule has 0 saturated carbocycles. The number of amides is 1. The van der Waals surface area contributed by atoms with Crippen LogP contribution >= 0.6 is 11.8 Å². The standard InChI is InChI=1S/C26H25N5O3S/c1-3-34-23-15-19(11-14-22(23)32)16-27-28-24(33)17-35-26-30-29-25(20-12-9-18(2)10-13-20)31(26)21-7-5-4-6-8-21/h4-16H,3,17H2,1-2H3,(H2,27,28,32,33)/p+1. The van der Waals surface area contributed by atoms with Crippen LogP contribution in [0.4, 0.5) is 0 Å². The van der Waals surface area contributed by atoms with Crippen LogP contribution in [0.5, 0.6) is 11.5 Å². The zero-order valence-corrected chi connectivity index (χ0v) is 20.2. The summed E-state index contributed by atoms with van der Waals surface area (Å²) in [6, 6.07) is 22.9. The summed E-state index contributed by atoms with van der Waals surface area (Å²) >= 11 is 1.31. The number of benzene rings is 3. The van der Waals surface area contributed by atoms with E-state index in [0.29, 0.717) is 23.1 Å². The second kappa shape index (κ2) is 11.3. The maximum atomic E-state index is 12.4. The molecule has 0 bridgehead atoms. The van der Waals surface area contributed by atoms with E-state index in [0.717, 1.165) is 17.1 Å². The minimum Gasteiger partial charge on any atom is -0.504 e. The molecule has 4 rings (SSSR count). The number of phenols is 1. The van der Waals surface area contributed by atoms with E-state index in [-0.39, 0.29) is 17.4 Å². The van der Waals surface area contributed by atoms with Crippen LogP contribution in [0.3, 0.4) is 0 Å². The van der Waals surface area contributed by atoms with Gasteiger partial charge in [0.25, 0.3) is 11.7 Å². The van der Waals surface area contributed by atoms with Crippen molar-refractivity contribution in [3.05, 3.63) is 83.9 Å². The Morgan fingerprint density at radius 2 is 1.94 bits per heavy atom. The first-order chi connectivity index (χ1) is 17.0. The van der Waals surface area contributed by atoms with Gasteiger partial charge >= 0.3 is 5.16 Å². The number of rotatable bonds is 9. The monoisotopic (exact) mass is 488 g/mol. The van der Waals surface area contributed by atoms with E-state index in [1.54, 1.807) is 12.1 Å². The van der Waals surface area contributed by atoms with Gasteiger partial charge in [-0.1, -0.05) is 35.9 Å². The number of aryl methyl sites for hydroxylation is 1. The highest BCUT2D eigenvalue weighted by atomic mass is 32.2. The largest absolute Gasteiger partial charge is 0.504 e. The molecule has 0 unspecified atom stereocenters. The molecule has 0 atom stereocenters. The van der Waals surface area contributed by atoms with E-state index >= 15 is 0 Å². The summed E-state index contributed by atoms with van der Waals surface area (Å²) in [4.78, 5) is 12.4. The summed E-state index contributed by atoms with van der Waals surface area (Å²) in [6.45, 7) is 4.32. The maximum absolute atomic E-state index is 12.4. The van der Waals surface area contributed by atoms with Crippen LogP contribution in [0, 0.1) is 6.92 Å². The van der Waals surface area contributed by atoms with Gasteiger partial charge in [-0.25, -0.2) is 5.43 Å². The van der Waals surface area contributed by atoms with Gasteiger partial charge in [0.2, 0.25) is 0 Å². The van der Waals surface area contributed by atoms with Crippen LogP contribution in [0.1, 0.15) is 18.1 Å². The number of hydrogen-bond acceptors (Lipinski definition) is 6. The lowest BCUT2D eigenvalue weighted by Gasteiger charge is -2.06. The molecule has 4 aromatic rings. The Bertz CT molecular complexity index is 1320. The maximum Gasteiger partial charge on any atom is 0.342 e. The lowest BCUT2D eigenvalue weighted by Crippen LogP contribution is -2.34. The molecule has 0 spiro atoms. The number of carbonyl (C=O) groups is 1. The van der Waals surface area contributed by atoms with Crippen molar-refractivity contribution in [3.63, 3.8) is 0 Å². The molecule has 3 aromatic carbocycles. The van der Waals surface area contributed by atoms with Gasteiger partial charge in [-0.15, -0.1) is 5.10 Å². The molecule has 8 nitrogen and oxygen atoms in total. The Morgan fingerprint density at radius 3 is 2.69 bits per heavy atom. The molecule has 3 N–H and O–H groups in total. The molecular formula is C26H26N5O3S+. The van der Waals surface area contributed by atoms with Gasteiger partial charge in [0.1, 0.15) is 5.69 Å². The van der Waals surface area contributed by atoms with Gasteiger partial charge in [-0.3, -0.25) is 4.79 Å². The highest BCUT2D eigenvalue weighted by molar-refractivity contribution is 7.99. The fraction of sp³-hybridized carbons (Fsp3) is 0.154. The summed E-state index contributed by atoms with van der Waals surface area (Å²) in [6.07, 6.45) is 1.50. The number of H-pyrrole nitrogens is 1. The molecular weight excluding hydrogens is 462 g/mol. The molecule has 0 saturated heterocycles. The first-order valence-electron chi connectivity index (χ1n) is 11.1. The fourth-order valence-electron chi connectivity index (χ4n) is 3.34. The van der Waals surface area contributed by atoms with Crippen LogP contribution in [-0.2, 0) is 4.79 Å². The molecule has 0 aliphatic rings. The van der Waals surface area contributed by atoms with Crippen LogP contribution in [0.15, 0.2) is 83.1 Å². The minimum absolute atomic E-state index is 0.0557. The summed E-state index contributed by atoms with van der Waals surface area (Å²) in [5.74, 6) is 1.11. The van der Waals surface area contributed by atoms with E-state index in [4.69, 9.17) is 4.74 Å². The molecule has 0 fully saturated rings. The van der Waals surface area contributed by atoms with E-state index in [9.17, 15) is 9.90 Å². The predicted octanol–water partition coefficient (Wildman–Crippen LogP) is 4.01. The van der Waals surface area contributed by atoms with Gasteiger partial charge in [0, 0.05) is 0 Å². The number of ether oxygens (including phenoxy) is 1. The number of nitrogens with zero attached hydrogens (tertiary/aromatic N) is 3. The fourth-order valence-corrected chi connectivity index (χ4v) is 4.10. The third-order valence-electron chi connectivity index (χ3n) is 5.03. The topological polar surface area (TPSA) is 103 Å². The number of aromatic nitrogens is 3. The molecule has 35 heavy (non-hydrogen) atoms. The molecule has 178 valence electrons. The smallest absolute Gasteiger partial charge is 0.342 e. The minimum atomic E-state index is -0.269. The van der Waals surface area contributed by atoms with Crippen molar-refractivity contribution in [2.24, 2.45) is 5.10 Å². The zero-order chi connectivity index (χ0) is 24.6. The number of phenolic OH excluding ortho intramolecular Hbond substituents is 1. The average molecular weight is 489 g/mol. The summed E-state index contributed by atoms with van der Waals surface area (Å²) in [5, 5.41) is 22.1. The molecule has 0 radical (unpaired) electrons. The van der Waals surface area contributed by atoms with Crippen molar-refractivity contribution in [2.75, 3.05) is 12.4 Å². The number of para-hydroxylation sites is 1. The Labute approximate surface area is 207 Å². The number of aromatic amines is 1. The molecule has 0 aliphatic heterocycles. The molecule has 0 aliphatic carbocycles. The Morgan fingerprint density at radius 1 is 1.17 bits per heavy atom. The van der Waals surface area contributed by atoms with Crippen molar-refractivity contribution in [3.8, 4) is 28.6 Å². The van der Waals surface area contributed by atoms with E-state index in [2.05, 4.69) is 32.9 Å². The first-order valence-corrected chi connectivity index (χ1v) is 12.1. The van der Waals surface area contributed by atoms with Crippen LogP contribution in [-0.4, -0.2) is 39.8 Å². The van der Waals surface area contributed by atoms with Crippen LogP contribution < -0.4 is 14.7 Å². The van der Waals surface area contributed by atoms with Crippen LogP contribution in [0.25, 0.3) is 17.1 Å². The van der Waals surface area contributed by atoms with Gasteiger partial charge in [0.05, 0.1) is 29.2 Å². The van der Waals surface area contributed by atoms with Gasteiger partial charge in [-0.05, 0) is 73.6 Å². The average Bonchev–Trinajstić information content (AvgIpc) is 3.30. The van der Waals surface area contributed by atoms with Crippen molar-refractivity contribution in [2.45, 2.75) is 19.0 Å². The third kappa shape index (κ3) is 6.07.